The number of hydrogen-bond acceptors (Lipinski definition) is 6. The number of carbonyl (C=O) groups is 1. The highest BCUT2D eigenvalue weighted by atomic mass is 35.5. The number of ether oxygens (including phenoxy) is 2. The first-order valence-corrected chi connectivity index (χ1v) is 13.6. The minimum absolute atomic E-state index is 0.0112. The molecule has 0 spiro atoms. The van der Waals surface area contributed by atoms with Crippen LogP contribution in [0.4, 0.5) is 24.7 Å². The maximum atomic E-state index is 13.0. The van der Waals surface area contributed by atoms with E-state index in [-0.39, 0.29) is 28.3 Å². The molecule has 0 aliphatic carbocycles. The summed E-state index contributed by atoms with van der Waals surface area (Å²) in [6.45, 7) is 3.52. The third kappa shape index (κ3) is 7.89. The van der Waals surface area contributed by atoms with Crippen LogP contribution in [0.25, 0.3) is 11.0 Å². The quantitative estimate of drug-likeness (QED) is 0.171. The number of nitrogens with one attached hydrogen (secondary N) is 2. The van der Waals surface area contributed by atoms with Gasteiger partial charge in [0.25, 0.3) is 0 Å². The molecule has 0 saturated carbocycles. The number of methoxy groups -OCH3 is 1. The normalized spacial score (nSPS) is 12.3. The van der Waals surface area contributed by atoms with E-state index in [0.717, 1.165) is 30.5 Å². The van der Waals surface area contributed by atoms with Crippen LogP contribution in [0.3, 0.4) is 0 Å². The lowest BCUT2D eigenvalue weighted by Gasteiger charge is -2.16. The van der Waals surface area contributed by atoms with Crippen molar-refractivity contribution < 1.29 is 27.4 Å². The van der Waals surface area contributed by atoms with Crippen molar-refractivity contribution >= 4 is 40.0 Å². The van der Waals surface area contributed by atoms with Crippen molar-refractivity contribution in [3.63, 3.8) is 0 Å². The van der Waals surface area contributed by atoms with E-state index in [1.54, 1.807) is 25.3 Å². The van der Waals surface area contributed by atoms with Crippen molar-refractivity contribution in [3.8, 4) is 11.5 Å². The highest BCUT2D eigenvalue weighted by Gasteiger charge is 2.30. The van der Waals surface area contributed by atoms with Crippen molar-refractivity contribution in [2.75, 3.05) is 25.6 Å². The maximum Gasteiger partial charge on any atom is 0.416 e. The first-order chi connectivity index (χ1) is 19.7. The van der Waals surface area contributed by atoms with Gasteiger partial charge in [0, 0.05) is 44.6 Å². The Morgan fingerprint density at radius 1 is 1.12 bits per heavy atom. The molecular formula is C29H31ClF3N5O3. The number of carbonyl (C=O) groups excluding carboxylic acids is 1. The molecular weight excluding hydrogens is 559 g/mol. The Labute approximate surface area is 240 Å². The van der Waals surface area contributed by atoms with Crippen LogP contribution in [0.1, 0.15) is 31.7 Å². The van der Waals surface area contributed by atoms with E-state index in [2.05, 4.69) is 27.5 Å². The van der Waals surface area contributed by atoms with Gasteiger partial charge in [0.1, 0.15) is 23.3 Å². The van der Waals surface area contributed by atoms with Crippen LogP contribution in [-0.4, -0.2) is 40.7 Å². The van der Waals surface area contributed by atoms with Crippen LogP contribution in [-0.2, 0) is 22.3 Å². The lowest BCUT2D eigenvalue weighted by Crippen LogP contribution is -2.33. The molecule has 0 bridgehead atoms. The number of alkyl halides is 3. The van der Waals surface area contributed by atoms with Gasteiger partial charge >= 0.3 is 6.18 Å². The van der Waals surface area contributed by atoms with Gasteiger partial charge in [-0.2, -0.15) is 13.2 Å². The summed E-state index contributed by atoms with van der Waals surface area (Å²) in [7, 11) is 1.63. The summed E-state index contributed by atoms with van der Waals surface area (Å²) in [6.07, 6.45) is 1.23. The zero-order valence-corrected chi connectivity index (χ0v) is 23.4. The SMILES string of the molecule is CCCC(CCOC)C(=O)NCCn1ccc2ncnc(Nc3ccc(Oc4cccc(C(F)(F)F)c4)c(Cl)c3)c21. The largest absolute Gasteiger partial charge is 0.456 e. The molecule has 41 heavy (non-hydrogen) atoms. The van der Waals surface area contributed by atoms with Gasteiger partial charge in [-0.05, 0) is 55.3 Å². The molecule has 2 aromatic carbocycles. The van der Waals surface area contributed by atoms with E-state index in [9.17, 15) is 18.0 Å². The second-order valence-corrected chi connectivity index (χ2v) is 9.83. The van der Waals surface area contributed by atoms with Crippen LogP contribution in [0.15, 0.2) is 61.1 Å². The third-order valence-electron chi connectivity index (χ3n) is 6.46. The molecule has 1 unspecified atom stereocenters. The molecule has 4 rings (SSSR count). The number of anilines is 2. The fraction of sp³-hybridized carbons (Fsp3) is 0.345. The molecule has 1 amide bonds. The summed E-state index contributed by atoms with van der Waals surface area (Å²) in [6, 6.07) is 11.3. The molecule has 2 N–H and O–H groups in total. The van der Waals surface area contributed by atoms with E-state index < -0.39 is 11.7 Å². The molecule has 0 radical (unpaired) electrons. The molecule has 0 aliphatic heterocycles. The number of nitrogens with zero attached hydrogens (tertiary/aromatic N) is 3. The van der Waals surface area contributed by atoms with Crippen molar-refractivity contribution in [2.24, 2.45) is 5.92 Å². The lowest BCUT2D eigenvalue weighted by molar-refractivity contribution is -0.137. The molecule has 2 aromatic heterocycles. The highest BCUT2D eigenvalue weighted by molar-refractivity contribution is 6.32. The topological polar surface area (TPSA) is 90.3 Å². The van der Waals surface area contributed by atoms with Gasteiger partial charge in [-0.3, -0.25) is 4.79 Å². The summed E-state index contributed by atoms with van der Waals surface area (Å²) in [5, 5.41) is 6.45. The van der Waals surface area contributed by atoms with Crippen molar-refractivity contribution in [3.05, 3.63) is 71.6 Å². The number of benzene rings is 2. The van der Waals surface area contributed by atoms with Crippen LogP contribution in [0.5, 0.6) is 11.5 Å². The van der Waals surface area contributed by atoms with E-state index >= 15 is 0 Å². The molecule has 218 valence electrons. The molecule has 2 heterocycles. The number of rotatable bonds is 13. The van der Waals surface area contributed by atoms with Crippen LogP contribution in [0.2, 0.25) is 5.02 Å². The summed E-state index contributed by atoms with van der Waals surface area (Å²) in [5.74, 6) is 0.669. The fourth-order valence-corrected chi connectivity index (χ4v) is 4.65. The number of hydrogen-bond donors (Lipinski definition) is 2. The Morgan fingerprint density at radius 3 is 2.68 bits per heavy atom. The van der Waals surface area contributed by atoms with Crippen molar-refractivity contribution in [1.29, 1.82) is 0 Å². The zero-order valence-electron chi connectivity index (χ0n) is 22.7. The van der Waals surface area contributed by atoms with Gasteiger partial charge in [-0.25, -0.2) is 9.97 Å². The maximum absolute atomic E-state index is 13.0. The van der Waals surface area contributed by atoms with Gasteiger partial charge in [0.2, 0.25) is 5.91 Å². The standard InChI is InChI=1S/C29H31ClF3N5O3/c1-3-5-19(11-15-40-2)28(39)34-12-14-38-13-10-24-26(38)27(36-18-35-24)37-21-8-9-25(23(30)17-21)41-22-7-4-6-20(16-22)29(31,32)33/h4,6-10,13,16-19H,3,5,11-12,14-15H2,1-2H3,(H,34,39)(H,35,36,37). The second-order valence-electron chi connectivity index (χ2n) is 9.42. The zero-order chi connectivity index (χ0) is 29.4. The van der Waals surface area contributed by atoms with E-state index in [1.807, 2.05) is 16.8 Å². The Hall–Kier alpha value is -3.83. The molecule has 0 saturated heterocycles. The first-order valence-electron chi connectivity index (χ1n) is 13.2. The molecule has 12 heteroatoms. The number of aromatic nitrogens is 3. The molecule has 0 fully saturated rings. The Morgan fingerprint density at radius 2 is 1.95 bits per heavy atom. The number of fused-ring (bicyclic) bond motifs is 1. The Kier molecular flexibility index (Phi) is 10.1. The average molecular weight is 590 g/mol. The molecule has 4 aromatic rings. The van der Waals surface area contributed by atoms with Gasteiger partial charge in [0.15, 0.2) is 5.82 Å². The Balaban J connectivity index is 1.45. The summed E-state index contributed by atoms with van der Waals surface area (Å²) >= 11 is 6.41. The predicted molar refractivity (Wildman–Crippen MR) is 152 cm³/mol. The molecule has 8 nitrogen and oxygen atoms in total. The predicted octanol–water partition coefficient (Wildman–Crippen LogP) is 7.21. The van der Waals surface area contributed by atoms with Crippen LogP contribution >= 0.6 is 11.6 Å². The lowest BCUT2D eigenvalue weighted by atomic mass is 9.99. The number of amides is 1. The van der Waals surface area contributed by atoms with Crippen LogP contribution in [0, 0.1) is 5.92 Å². The van der Waals surface area contributed by atoms with Crippen LogP contribution < -0.4 is 15.4 Å². The summed E-state index contributed by atoms with van der Waals surface area (Å²) in [5.41, 5.74) is 1.24. The van der Waals surface area contributed by atoms with Gasteiger partial charge in [-0.1, -0.05) is 31.0 Å². The Bertz CT molecular complexity index is 1480. The van der Waals surface area contributed by atoms with Gasteiger partial charge in [-0.15, -0.1) is 0 Å². The van der Waals surface area contributed by atoms with E-state index in [0.29, 0.717) is 43.1 Å². The second kappa shape index (κ2) is 13.7. The van der Waals surface area contributed by atoms with Gasteiger partial charge in [0.05, 0.1) is 16.1 Å². The highest BCUT2D eigenvalue weighted by Crippen LogP contribution is 2.36. The molecule has 1 atom stereocenters. The van der Waals surface area contributed by atoms with E-state index in [4.69, 9.17) is 21.1 Å². The molecule has 0 aliphatic rings. The van der Waals surface area contributed by atoms with Crippen molar-refractivity contribution in [2.45, 2.75) is 38.9 Å². The average Bonchev–Trinajstić information content (AvgIpc) is 3.36. The fourth-order valence-electron chi connectivity index (χ4n) is 4.43. The minimum Gasteiger partial charge on any atom is -0.456 e. The smallest absolute Gasteiger partial charge is 0.416 e. The summed E-state index contributed by atoms with van der Waals surface area (Å²) in [4.78, 5) is 21.4. The minimum atomic E-state index is -4.48. The summed E-state index contributed by atoms with van der Waals surface area (Å²) < 4.78 is 51.8. The third-order valence-corrected chi connectivity index (χ3v) is 6.76. The first kappa shape index (κ1) is 30.1. The monoisotopic (exact) mass is 589 g/mol. The van der Waals surface area contributed by atoms with E-state index in [1.165, 1.54) is 18.5 Å². The van der Waals surface area contributed by atoms with Gasteiger partial charge < -0.3 is 24.7 Å². The number of halogens is 4. The van der Waals surface area contributed by atoms with Crippen molar-refractivity contribution in [1.82, 2.24) is 19.9 Å².